The Morgan fingerprint density at radius 2 is 1.78 bits per heavy atom. The van der Waals surface area contributed by atoms with Crippen molar-refractivity contribution in [3.8, 4) is 0 Å². The Bertz CT molecular complexity index is 518. The highest BCUT2D eigenvalue weighted by atomic mass is 16.5. The van der Waals surface area contributed by atoms with Crippen LogP contribution in [0.15, 0.2) is 36.4 Å². The van der Waals surface area contributed by atoms with E-state index in [1.165, 1.54) is 50.9 Å². The van der Waals surface area contributed by atoms with Gasteiger partial charge in [0.2, 0.25) is 0 Å². The lowest BCUT2D eigenvalue weighted by Gasteiger charge is -2.33. The van der Waals surface area contributed by atoms with E-state index in [2.05, 4.69) is 52.3 Å². The summed E-state index contributed by atoms with van der Waals surface area (Å²) in [6, 6.07) is 11.3. The van der Waals surface area contributed by atoms with Crippen molar-refractivity contribution in [1.82, 2.24) is 9.80 Å². The van der Waals surface area contributed by atoms with Crippen LogP contribution in [-0.2, 0) is 4.74 Å². The Hall–Kier alpha value is -1.16. The molecule has 1 aromatic carbocycles. The minimum atomic E-state index is 0.515. The van der Waals surface area contributed by atoms with Gasteiger partial charge < -0.3 is 4.74 Å². The van der Waals surface area contributed by atoms with E-state index in [9.17, 15) is 0 Å². The number of ether oxygens (including phenoxy) is 1. The van der Waals surface area contributed by atoms with Crippen LogP contribution in [0.25, 0.3) is 6.08 Å². The van der Waals surface area contributed by atoms with E-state index in [1.54, 1.807) is 0 Å². The van der Waals surface area contributed by atoms with Gasteiger partial charge in [-0.2, -0.15) is 0 Å². The highest BCUT2D eigenvalue weighted by Crippen LogP contribution is 2.26. The van der Waals surface area contributed by atoms with Crippen molar-refractivity contribution in [2.45, 2.75) is 43.9 Å². The number of rotatable bonds is 5. The maximum Gasteiger partial charge on any atom is 0.0707 e. The van der Waals surface area contributed by atoms with Crippen LogP contribution in [0.2, 0.25) is 0 Å². The quantitative estimate of drug-likeness (QED) is 0.831. The lowest BCUT2D eigenvalue weighted by atomic mass is 10.1. The van der Waals surface area contributed by atoms with Gasteiger partial charge in [0.25, 0.3) is 0 Å². The van der Waals surface area contributed by atoms with Crippen molar-refractivity contribution in [3.63, 3.8) is 0 Å². The van der Waals surface area contributed by atoms with Crippen LogP contribution in [0.4, 0.5) is 0 Å². The fourth-order valence-corrected chi connectivity index (χ4v) is 4.29. The molecule has 3 heteroatoms. The first kappa shape index (κ1) is 15.4. The first-order chi connectivity index (χ1) is 11.4. The second-order valence-electron chi connectivity index (χ2n) is 7.23. The van der Waals surface area contributed by atoms with E-state index in [-0.39, 0.29) is 0 Å². The molecule has 3 nitrogen and oxygen atoms in total. The van der Waals surface area contributed by atoms with E-state index in [0.29, 0.717) is 18.2 Å². The molecule has 3 fully saturated rings. The van der Waals surface area contributed by atoms with Crippen LogP contribution in [0.1, 0.15) is 31.2 Å². The predicted octanol–water partition coefficient (Wildman–Crippen LogP) is 3.03. The first-order valence-corrected chi connectivity index (χ1v) is 9.22. The number of morpholine rings is 1. The second-order valence-corrected chi connectivity index (χ2v) is 7.23. The van der Waals surface area contributed by atoms with Gasteiger partial charge in [0.05, 0.1) is 12.2 Å². The zero-order valence-corrected chi connectivity index (χ0v) is 13.9. The standard InChI is InChI=1S/C20H28N2O/c1-2-5-17(6-3-1)8-9-18-7-4-12-22(18)14-13-21-15-19-10-11-20(16-21)23-19/h1-3,5-6,8-9,18-20H,4,7,10-16H2/b9-8+/t18-,19-,20+/m1/s1. The Balaban J connectivity index is 1.29. The van der Waals surface area contributed by atoms with Crippen LogP contribution in [-0.4, -0.2) is 60.8 Å². The molecule has 1 aromatic rings. The first-order valence-electron chi connectivity index (χ1n) is 9.22. The second kappa shape index (κ2) is 7.16. The molecule has 0 aromatic heterocycles. The van der Waals surface area contributed by atoms with Crippen molar-refractivity contribution in [1.29, 1.82) is 0 Å². The number of likely N-dealkylation sites (tertiary alicyclic amines) is 2. The molecule has 0 aliphatic carbocycles. The van der Waals surface area contributed by atoms with Crippen molar-refractivity contribution in [2.75, 3.05) is 32.7 Å². The zero-order chi connectivity index (χ0) is 15.5. The molecule has 0 spiro atoms. The Kier molecular flexibility index (Phi) is 4.79. The van der Waals surface area contributed by atoms with Crippen molar-refractivity contribution >= 4 is 6.08 Å². The highest BCUT2D eigenvalue weighted by molar-refractivity contribution is 5.49. The summed E-state index contributed by atoms with van der Waals surface area (Å²) >= 11 is 0. The molecule has 3 saturated heterocycles. The minimum absolute atomic E-state index is 0.515. The van der Waals surface area contributed by atoms with Gasteiger partial charge in [-0.05, 0) is 37.8 Å². The average molecular weight is 312 g/mol. The largest absolute Gasteiger partial charge is 0.372 e. The lowest BCUT2D eigenvalue weighted by Crippen LogP contribution is -2.46. The Morgan fingerprint density at radius 1 is 1.00 bits per heavy atom. The van der Waals surface area contributed by atoms with Gasteiger partial charge in [0.1, 0.15) is 0 Å². The van der Waals surface area contributed by atoms with Crippen molar-refractivity contribution in [2.24, 2.45) is 0 Å². The summed E-state index contributed by atoms with van der Waals surface area (Å²) in [7, 11) is 0. The molecule has 3 atom stereocenters. The van der Waals surface area contributed by atoms with E-state index in [4.69, 9.17) is 4.74 Å². The molecule has 2 bridgehead atoms. The average Bonchev–Trinajstić information content (AvgIpc) is 3.18. The molecular formula is C20H28N2O. The summed E-state index contributed by atoms with van der Waals surface area (Å²) in [5.41, 5.74) is 1.31. The number of benzene rings is 1. The summed E-state index contributed by atoms with van der Waals surface area (Å²) in [5, 5.41) is 0. The molecule has 0 saturated carbocycles. The number of nitrogens with zero attached hydrogens (tertiary/aromatic N) is 2. The smallest absolute Gasteiger partial charge is 0.0707 e. The molecule has 0 N–H and O–H groups in total. The van der Waals surface area contributed by atoms with Crippen molar-refractivity contribution < 1.29 is 4.74 Å². The van der Waals surface area contributed by atoms with Crippen LogP contribution in [0.5, 0.6) is 0 Å². The SMILES string of the molecule is C(=C\[C@H]1CCCN1CCN1C[C@H]2CC[C@@H](C1)O2)/c1ccccc1. The van der Waals surface area contributed by atoms with Crippen LogP contribution >= 0.6 is 0 Å². The molecule has 0 amide bonds. The maximum atomic E-state index is 5.94. The summed E-state index contributed by atoms with van der Waals surface area (Å²) in [4.78, 5) is 5.29. The van der Waals surface area contributed by atoms with Gasteiger partial charge in [-0.1, -0.05) is 42.5 Å². The van der Waals surface area contributed by atoms with Gasteiger partial charge in [0.15, 0.2) is 0 Å². The molecule has 23 heavy (non-hydrogen) atoms. The number of hydrogen-bond donors (Lipinski definition) is 0. The summed E-state index contributed by atoms with van der Waals surface area (Å²) in [5.74, 6) is 0. The van der Waals surface area contributed by atoms with E-state index in [1.807, 2.05) is 0 Å². The monoisotopic (exact) mass is 312 g/mol. The minimum Gasteiger partial charge on any atom is -0.372 e. The molecule has 0 radical (unpaired) electrons. The third-order valence-electron chi connectivity index (χ3n) is 5.55. The third-order valence-corrected chi connectivity index (χ3v) is 5.55. The van der Waals surface area contributed by atoms with E-state index < -0.39 is 0 Å². The molecule has 0 unspecified atom stereocenters. The number of fused-ring (bicyclic) bond motifs is 2. The summed E-state index contributed by atoms with van der Waals surface area (Å²) < 4.78 is 5.94. The predicted molar refractivity (Wildman–Crippen MR) is 94.4 cm³/mol. The van der Waals surface area contributed by atoms with Crippen LogP contribution < -0.4 is 0 Å². The van der Waals surface area contributed by atoms with Gasteiger partial charge in [-0.3, -0.25) is 9.80 Å². The Morgan fingerprint density at radius 3 is 2.57 bits per heavy atom. The molecule has 3 heterocycles. The molecular weight excluding hydrogens is 284 g/mol. The molecule has 124 valence electrons. The van der Waals surface area contributed by atoms with Gasteiger partial charge in [-0.15, -0.1) is 0 Å². The Labute approximate surface area is 139 Å². The molecule has 3 aliphatic heterocycles. The van der Waals surface area contributed by atoms with Crippen molar-refractivity contribution in [3.05, 3.63) is 42.0 Å². The summed E-state index contributed by atoms with van der Waals surface area (Å²) in [6.45, 7) is 5.94. The van der Waals surface area contributed by atoms with Gasteiger partial charge >= 0.3 is 0 Å². The van der Waals surface area contributed by atoms with E-state index >= 15 is 0 Å². The summed E-state index contributed by atoms with van der Waals surface area (Å²) in [6.07, 6.45) is 10.9. The van der Waals surface area contributed by atoms with Crippen LogP contribution in [0, 0.1) is 0 Å². The lowest BCUT2D eigenvalue weighted by molar-refractivity contribution is -0.0401. The molecule has 3 aliphatic rings. The number of hydrogen-bond acceptors (Lipinski definition) is 3. The van der Waals surface area contributed by atoms with E-state index in [0.717, 1.165) is 13.1 Å². The van der Waals surface area contributed by atoms with Gasteiger partial charge in [-0.25, -0.2) is 0 Å². The maximum absolute atomic E-state index is 5.94. The fraction of sp³-hybridized carbons (Fsp3) is 0.600. The topological polar surface area (TPSA) is 15.7 Å². The fourth-order valence-electron chi connectivity index (χ4n) is 4.29. The normalized spacial score (nSPS) is 32.1. The molecule has 4 rings (SSSR count). The van der Waals surface area contributed by atoms with Gasteiger partial charge in [0, 0.05) is 32.2 Å². The van der Waals surface area contributed by atoms with Crippen LogP contribution in [0.3, 0.4) is 0 Å². The zero-order valence-electron chi connectivity index (χ0n) is 13.9. The highest BCUT2D eigenvalue weighted by Gasteiger charge is 2.33. The third kappa shape index (κ3) is 3.85.